The number of rotatable bonds is 3. The molecule has 0 radical (unpaired) electrons. The zero-order valence-corrected chi connectivity index (χ0v) is 19.1. The predicted molar refractivity (Wildman–Crippen MR) is 119 cm³/mol. The van der Waals surface area contributed by atoms with Crippen LogP contribution in [0.3, 0.4) is 0 Å². The monoisotopic (exact) mass is 460 g/mol. The minimum absolute atomic E-state index is 0.0965. The van der Waals surface area contributed by atoms with Gasteiger partial charge < -0.3 is 10.2 Å². The molecule has 0 spiro atoms. The van der Waals surface area contributed by atoms with Crippen molar-refractivity contribution >= 4 is 46.4 Å². The summed E-state index contributed by atoms with van der Waals surface area (Å²) < 4.78 is 0. The lowest BCUT2D eigenvalue weighted by Gasteiger charge is -2.46. The molecule has 28 heavy (non-hydrogen) atoms. The van der Waals surface area contributed by atoms with Crippen molar-refractivity contribution in [2.45, 2.75) is 51.4 Å². The summed E-state index contributed by atoms with van der Waals surface area (Å²) in [6.45, 7) is 6.69. The predicted octanol–water partition coefficient (Wildman–Crippen LogP) is 8.21. The lowest BCUT2D eigenvalue weighted by atomic mass is 9.58. The molecule has 1 fully saturated rings. The van der Waals surface area contributed by atoms with Gasteiger partial charge in [0.05, 0.1) is 20.1 Å². The first-order chi connectivity index (χ1) is 13.0. The van der Waals surface area contributed by atoms with E-state index in [-0.39, 0.29) is 42.9 Å². The van der Waals surface area contributed by atoms with Crippen molar-refractivity contribution in [2.75, 3.05) is 0 Å². The van der Waals surface area contributed by atoms with E-state index < -0.39 is 0 Å². The van der Waals surface area contributed by atoms with Gasteiger partial charge in [-0.05, 0) is 77.8 Å². The Kier molecular flexibility index (Phi) is 6.37. The second-order valence-electron chi connectivity index (χ2n) is 8.37. The van der Waals surface area contributed by atoms with Crippen LogP contribution in [-0.2, 0) is 5.41 Å². The van der Waals surface area contributed by atoms with Crippen molar-refractivity contribution in [2.24, 2.45) is 11.8 Å². The molecule has 3 unspecified atom stereocenters. The van der Waals surface area contributed by atoms with E-state index in [1.54, 1.807) is 24.3 Å². The van der Waals surface area contributed by atoms with Crippen LogP contribution in [0.5, 0.6) is 11.5 Å². The Labute approximate surface area is 186 Å². The van der Waals surface area contributed by atoms with E-state index in [0.717, 1.165) is 30.4 Å². The molecule has 1 aliphatic carbocycles. The molecule has 2 N–H and O–H groups in total. The first-order valence-electron chi connectivity index (χ1n) is 9.41. The van der Waals surface area contributed by atoms with Gasteiger partial charge in [0.1, 0.15) is 0 Å². The molecule has 0 saturated heterocycles. The van der Waals surface area contributed by atoms with Crippen LogP contribution in [0.1, 0.15) is 57.1 Å². The molecule has 0 amide bonds. The Bertz CT molecular complexity index is 850. The Balaban J connectivity index is 2.15. The molecule has 1 saturated carbocycles. The molecule has 2 aromatic carbocycles. The quantitative estimate of drug-likeness (QED) is 0.483. The highest BCUT2D eigenvalue weighted by molar-refractivity contribution is 6.37. The molecule has 1 aliphatic rings. The first kappa shape index (κ1) is 21.9. The summed E-state index contributed by atoms with van der Waals surface area (Å²) in [6.07, 6.45) is 2.98. The molecule has 0 aromatic heterocycles. The number of hydrogen-bond donors (Lipinski definition) is 2. The SMILES string of the molecule is CC(C)C1CCC(C)(c2cc(Cl)c(O)c(Cl)c2)C(c2cc(Cl)c(O)c(Cl)c2)C1. The summed E-state index contributed by atoms with van der Waals surface area (Å²) in [5, 5.41) is 21.0. The molecule has 2 aromatic rings. The summed E-state index contributed by atoms with van der Waals surface area (Å²) in [5.74, 6) is 1.04. The van der Waals surface area contributed by atoms with Crippen molar-refractivity contribution in [1.29, 1.82) is 0 Å². The molecule has 3 atom stereocenters. The van der Waals surface area contributed by atoms with E-state index in [9.17, 15) is 10.2 Å². The maximum absolute atomic E-state index is 9.99. The normalized spacial score (nSPS) is 25.3. The number of aromatic hydroxyl groups is 2. The summed E-state index contributed by atoms with van der Waals surface area (Å²) in [6, 6.07) is 7.21. The zero-order valence-electron chi connectivity index (χ0n) is 16.1. The topological polar surface area (TPSA) is 40.5 Å². The Morgan fingerprint density at radius 3 is 1.82 bits per heavy atom. The van der Waals surface area contributed by atoms with Crippen LogP contribution in [0.25, 0.3) is 0 Å². The lowest BCUT2D eigenvalue weighted by molar-refractivity contribution is 0.172. The highest BCUT2D eigenvalue weighted by Gasteiger charge is 2.43. The van der Waals surface area contributed by atoms with Crippen LogP contribution in [0.2, 0.25) is 20.1 Å². The fourth-order valence-electron chi connectivity index (χ4n) is 4.48. The standard InChI is InChI=1S/C22H24Cl4O2/c1-11(2)12-4-5-22(3,14-9-18(25)21(28)19(26)10-14)15(6-12)13-7-16(23)20(27)17(24)8-13/h7-12,15,27-28H,4-6H2,1-3H3. The van der Waals surface area contributed by atoms with Crippen molar-refractivity contribution in [1.82, 2.24) is 0 Å². The molecule has 0 aliphatic heterocycles. The van der Waals surface area contributed by atoms with Gasteiger partial charge in [0.25, 0.3) is 0 Å². The number of hydrogen-bond acceptors (Lipinski definition) is 2. The van der Waals surface area contributed by atoms with Crippen molar-refractivity contribution in [3.05, 3.63) is 55.5 Å². The third-order valence-corrected chi connectivity index (χ3v) is 7.56. The van der Waals surface area contributed by atoms with E-state index in [1.165, 1.54) is 0 Å². The summed E-state index contributed by atoms with van der Waals surface area (Å²) >= 11 is 24.9. The molecule has 6 heteroatoms. The molecule has 2 nitrogen and oxygen atoms in total. The van der Waals surface area contributed by atoms with E-state index in [1.807, 2.05) is 0 Å². The van der Waals surface area contributed by atoms with Gasteiger partial charge in [0, 0.05) is 0 Å². The Morgan fingerprint density at radius 2 is 1.36 bits per heavy atom. The second-order valence-corrected chi connectivity index (χ2v) is 10.00. The van der Waals surface area contributed by atoms with Crippen LogP contribution in [0, 0.1) is 11.8 Å². The van der Waals surface area contributed by atoms with Gasteiger partial charge in [-0.25, -0.2) is 0 Å². The third-order valence-electron chi connectivity index (χ3n) is 6.40. The fraction of sp³-hybridized carbons (Fsp3) is 0.455. The fourth-order valence-corrected chi connectivity index (χ4v) is 5.47. The Hall–Kier alpha value is -0.800. The van der Waals surface area contributed by atoms with Crippen LogP contribution >= 0.6 is 46.4 Å². The van der Waals surface area contributed by atoms with Crippen molar-refractivity contribution < 1.29 is 10.2 Å². The largest absolute Gasteiger partial charge is 0.505 e. The molecule has 152 valence electrons. The average Bonchev–Trinajstić information content (AvgIpc) is 2.63. The van der Waals surface area contributed by atoms with Crippen LogP contribution < -0.4 is 0 Å². The number of halogens is 4. The number of phenols is 2. The molecule has 3 rings (SSSR count). The summed E-state index contributed by atoms with van der Waals surface area (Å²) in [4.78, 5) is 0. The minimum Gasteiger partial charge on any atom is -0.505 e. The maximum atomic E-state index is 9.99. The Morgan fingerprint density at radius 1 is 0.893 bits per heavy atom. The van der Waals surface area contributed by atoms with Gasteiger partial charge >= 0.3 is 0 Å². The van der Waals surface area contributed by atoms with Crippen molar-refractivity contribution in [3.63, 3.8) is 0 Å². The van der Waals surface area contributed by atoms with E-state index in [2.05, 4.69) is 20.8 Å². The van der Waals surface area contributed by atoms with Gasteiger partial charge in [-0.3, -0.25) is 0 Å². The third kappa shape index (κ3) is 3.94. The van der Waals surface area contributed by atoms with Gasteiger partial charge in [0.15, 0.2) is 11.5 Å². The van der Waals surface area contributed by atoms with Crippen LogP contribution in [0.4, 0.5) is 0 Å². The van der Waals surface area contributed by atoms with E-state index in [0.29, 0.717) is 11.8 Å². The zero-order chi connectivity index (χ0) is 20.8. The van der Waals surface area contributed by atoms with Gasteiger partial charge in [-0.2, -0.15) is 0 Å². The summed E-state index contributed by atoms with van der Waals surface area (Å²) in [5.41, 5.74) is 1.70. The number of phenolic OH excluding ortho intramolecular Hbond substituents is 2. The van der Waals surface area contributed by atoms with Crippen LogP contribution in [-0.4, -0.2) is 10.2 Å². The highest BCUT2D eigenvalue weighted by atomic mass is 35.5. The van der Waals surface area contributed by atoms with Gasteiger partial charge in [-0.1, -0.05) is 67.2 Å². The van der Waals surface area contributed by atoms with Gasteiger partial charge in [-0.15, -0.1) is 0 Å². The minimum atomic E-state index is -0.268. The molecule has 0 heterocycles. The smallest absolute Gasteiger partial charge is 0.152 e. The number of benzene rings is 2. The second kappa shape index (κ2) is 8.14. The highest BCUT2D eigenvalue weighted by Crippen LogP contribution is 2.54. The van der Waals surface area contributed by atoms with Gasteiger partial charge in [0.2, 0.25) is 0 Å². The maximum Gasteiger partial charge on any atom is 0.152 e. The average molecular weight is 462 g/mol. The van der Waals surface area contributed by atoms with Crippen molar-refractivity contribution in [3.8, 4) is 11.5 Å². The first-order valence-corrected chi connectivity index (χ1v) is 10.9. The lowest BCUT2D eigenvalue weighted by Crippen LogP contribution is -2.38. The van der Waals surface area contributed by atoms with E-state index in [4.69, 9.17) is 46.4 Å². The molecular formula is C22H24Cl4O2. The van der Waals surface area contributed by atoms with Crippen LogP contribution in [0.15, 0.2) is 24.3 Å². The molecule has 0 bridgehead atoms. The molecular weight excluding hydrogens is 438 g/mol. The summed E-state index contributed by atoms with van der Waals surface area (Å²) in [7, 11) is 0. The van der Waals surface area contributed by atoms with E-state index >= 15 is 0 Å².